The highest BCUT2D eigenvalue weighted by molar-refractivity contribution is 9.10. The molecule has 0 fully saturated rings. The lowest BCUT2D eigenvalue weighted by molar-refractivity contribution is 0.333. The fraction of sp³-hybridized carbons (Fsp3) is 0.250. The van der Waals surface area contributed by atoms with Gasteiger partial charge in [0.25, 0.3) is 0 Å². The van der Waals surface area contributed by atoms with Crippen LogP contribution in [-0.2, 0) is 0 Å². The van der Waals surface area contributed by atoms with Crippen LogP contribution >= 0.6 is 28.3 Å². The van der Waals surface area contributed by atoms with Crippen LogP contribution in [0.1, 0.15) is 11.6 Å². The fourth-order valence-corrected chi connectivity index (χ4v) is 1.91. The van der Waals surface area contributed by atoms with Gasteiger partial charge in [-0.2, -0.15) is 0 Å². The van der Waals surface area contributed by atoms with Crippen molar-refractivity contribution in [2.75, 3.05) is 6.61 Å². The van der Waals surface area contributed by atoms with Gasteiger partial charge in [0.15, 0.2) is 0 Å². The molecular weight excluding hydrogens is 241 g/mol. The lowest BCUT2D eigenvalue weighted by Gasteiger charge is -2.01. The van der Waals surface area contributed by atoms with Gasteiger partial charge in [-0.1, -0.05) is 22.0 Å². The number of fused-ring (bicyclic) bond motifs is 1. The van der Waals surface area contributed by atoms with E-state index in [1.54, 1.807) is 0 Å². The topological polar surface area (TPSA) is 35.2 Å². The van der Waals surface area contributed by atoms with Gasteiger partial charge < -0.3 is 10.5 Å². The molecule has 2 N–H and O–H groups in total. The second-order valence-electron chi connectivity index (χ2n) is 2.57. The molecule has 0 spiro atoms. The Hall–Kier alpha value is -0.250. The summed E-state index contributed by atoms with van der Waals surface area (Å²) in [5, 5.41) is 0. The standard InChI is InChI=1S/C8H8BrNO.ClH/c9-5-2-1-3-7-8(5)6(10)4-11-7;/h1-3,6H,4,10H2;1H/t6-;/m0./s1. The number of ether oxygens (including phenoxy) is 1. The molecule has 0 radical (unpaired) electrons. The van der Waals surface area contributed by atoms with E-state index in [1.165, 1.54) is 0 Å². The summed E-state index contributed by atoms with van der Waals surface area (Å²) in [5.74, 6) is 0.909. The SMILES string of the molecule is Cl.N[C@H]1COc2cccc(Br)c21. The van der Waals surface area contributed by atoms with Crippen LogP contribution in [0.4, 0.5) is 0 Å². The van der Waals surface area contributed by atoms with Crippen molar-refractivity contribution in [1.29, 1.82) is 0 Å². The van der Waals surface area contributed by atoms with Crippen molar-refractivity contribution in [2.24, 2.45) is 5.73 Å². The summed E-state index contributed by atoms with van der Waals surface area (Å²) >= 11 is 3.43. The van der Waals surface area contributed by atoms with Crippen LogP contribution in [0.15, 0.2) is 22.7 Å². The number of nitrogens with two attached hydrogens (primary N) is 1. The minimum Gasteiger partial charge on any atom is -0.491 e. The molecule has 66 valence electrons. The van der Waals surface area contributed by atoms with Gasteiger partial charge in [0.05, 0.1) is 6.04 Å². The molecule has 0 saturated carbocycles. The van der Waals surface area contributed by atoms with Crippen LogP contribution in [0.5, 0.6) is 5.75 Å². The van der Waals surface area contributed by atoms with E-state index in [0.29, 0.717) is 6.61 Å². The summed E-state index contributed by atoms with van der Waals surface area (Å²) in [5.41, 5.74) is 6.88. The number of benzene rings is 1. The fourth-order valence-electron chi connectivity index (χ4n) is 1.27. The van der Waals surface area contributed by atoms with E-state index in [-0.39, 0.29) is 18.4 Å². The van der Waals surface area contributed by atoms with Crippen molar-refractivity contribution >= 4 is 28.3 Å². The summed E-state index contributed by atoms with van der Waals surface area (Å²) < 4.78 is 6.38. The van der Waals surface area contributed by atoms with Gasteiger partial charge in [-0.25, -0.2) is 0 Å². The van der Waals surface area contributed by atoms with Crippen molar-refractivity contribution in [3.05, 3.63) is 28.2 Å². The predicted molar refractivity (Wildman–Crippen MR) is 53.8 cm³/mol. The Labute approximate surface area is 85.6 Å². The van der Waals surface area contributed by atoms with E-state index in [2.05, 4.69) is 15.9 Å². The number of hydrogen-bond donors (Lipinski definition) is 1. The smallest absolute Gasteiger partial charge is 0.125 e. The number of rotatable bonds is 0. The Balaban J connectivity index is 0.000000720. The Morgan fingerprint density at radius 2 is 2.25 bits per heavy atom. The van der Waals surface area contributed by atoms with Crippen LogP contribution in [0.25, 0.3) is 0 Å². The van der Waals surface area contributed by atoms with E-state index in [4.69, 9.17) is 10.5 Å². The molecule has 0 aromatic heterocycles. The molecule has 12 heavy (non-hydrogen) atoms. The highest BCUT2D eigenvalue weighted by Crippen LogP contribution is 2.36. The van der Waals surface area contributed by atoms with Crippen LogP contribution in [0.2, 0.25) is 0 Å². The molecule has 1 atom stereocenters. The minimum absolute atomic E-state index is 0. The maximum atomic E-state index is 5.79. The van der Waals surface area contributed by atoms with Gasteiger partial charge in [-0.3, -0.25) is 0 Å². The maximum absolute atomic E-state index is 5.79. The summed E-state index contributed by atoms with van der Waals surface area (Å²) in [6, 6.07) is 5.89. The quantitative estimate of drug-likeness (QED) is 0.767. The summed E-state index contributed by atoms with van der Waals surface area (Å²) in [7, 11) is 0. The summed E-state index contributed by atoms with van der Waals surface area (Å²) in [6.07, 6.45) is 0. The first-order valence-electron chi connectivity index (χ1n) is 3.46. The second-order valence-corrected chi connectivity index (χ2v) is 3.42. The Bertz CT molecular complexity index is 292. The number of hydrogen-bond acceptors (Lipinski definition) is 2. The predicted octanol–water partition coefficient (Wildman–Crippen LogP) is 2.26. The molecule has 1 heterocycles. The monoisotopic (exact) mass is 249 g/mol. The maximum Gasteiger partial charge on any atom is 0.125 e. The lowest BCUT2D eigenvalue weighted by atomic mass is 10.1. The molecule has 1 aromatic rings. The zero-order valence-electron chi connectivity index (χ0n) is 6.29. The third-order valence-electron chi connectivity index (χ3n) is 1.80. The molecule has 4 heteroatoms. The molecule has 0 saturated heterocycles. The van der Waals surface area contributed by atoms with Crippen LogP contribution < -0.4 is 10.5 Å². The molecule has 1 aromatic carbocycles. The molecule has 0 bridgehead atoms. The van der Waals surface area contributed by atoms with E-state index in [1.807, 2.05) is 18.2 Å². The lowest BCUT2D eigenvalue weighted by Crippen LogP contribution is -2.11. The summed E-state index contributed by atoms with van der Waals surface area (Å²) in [4.78, 5) is 0. The molecule has 2 nitrogen and oxygen atoms in total. The van der Waals surface area contributed by atoms with E-state index in [0.717, 1.165) is 15.8 Å². The minimum atomic E-state index is 0. The molecule has 2 rings (SSSR count). The van der Waals surface area contributed by atoms with Crippen molar-refractivity contribution in [1.82, 2.24) is 0 Å². The highest BCUT2D eigenvalue weighted by Gasteiger charge is 2.22. The van der Waals surface area contributed by atoms with E-state index < -0.39 is 0 Å². The molecule has 1 aliphatic heterocycles. The van der Waals surface area contributed by atoms with E-state index >= 15 is 0 Å². The zero-order chi connectivity index (χ0) is 7.84. The Kier molecular flexibility index (Phi) is 2.99. The van der Waals surface area contributed by atoms with Gasteiger partial charge in [0.2, 0.25) is 0 Å². The van der Waals surface area contributed by atoms with Crippen molar-refractivity contribution < 1.29 is 4.74 Å². The average Bonchev–Trinajstić information content (AvgIpc) is 2.34. The second kappa shape index (κ2) is 3.64. The molecular formula is C8H9BrClNO. The van der Waals surface area contributed by atoms with Crippen LogP contribution in [0, 0.1) is 0 Å². The third kappa shape index (κ3) is 1.44. The normalized spacial score (nSPS) is 19.3. The number of halogens is 2. The molecule has 0 aliphatic carbocycles. The van der Waals surface area contributed by atoms with Crippen LogP contribution in [-0.4, -0.2) is 6.61 Å². The zero-order valence-corrected chi connectivity index (χ0v) is 8.69. The van der Waals surface area contributed by atoms with Gasteiger partial charge in [0.1, 0.15) is 12.4 Å². The van der Waals surface area contributed by atoms with Crippen LogP contribution in [0.3, 0.4) is 0 Å². The Morgan fingerprint density at radius 1 is 1.50 bits per heavy atom. The first-order chi connectivity index (χ1) is 5.29. The van der Waals surface area contributed by atoms with Gasteiger partial charge in [-0.05, 0) is 12.1 Å². The van der Waals surface area contributed by atoms with Crippen molar-refractivity contribution in [3.63, 3.8) is 0 Å². The third-order valence-corrected chi connectivity index (χ3v) is 2.49. The largest absolute Gasteiger partial charge is 0.491 e. The average molecular weight is 251 g/mol. The Morgan fingerprint density at radius 3 is 2.92 bits per heavy atom. The van der Waals surface area contributed by atoms with E-state index in [9.17, 15) is 0 Å². The first kappa shape index (κ1) is 9.84. The van der Waals surface area contributed by atoms with Gasteiger partial charge in [0, 0.05) is 10.0 Å². The van der Waals surface area contributed by atoms with Gasteiger partial charge in [-0.15, -0.1) is 12.4 Å². The van der Waals surface area contributed by atoms with Crippen molar-refractivity contribution in [2.45, 2.75) is 6.04 Å². The van der Waals surface area contributed by atoms with Gasteiger partial charge >= 0.3 is 0 Å². The highest BCUT2D eigenvalue weighted by atomic mass is 79.9. The van der Waals surface area contributed by atoms with Crippen molar-refractivity contribution in [3.8, 4) is 5.75 Å². The summed E-state index contributed by atoms with van der Waals surface area (Å²) in [6.45, 7) is 0.595. The molecule has 0 amide bonds. The molecule has 1 aliphatic rings. The molecule has 0 unspecified atom stereocenters. The first-order valence-corrected chi connectivity index (χ1v) is 4.25.